The Morgan fingerprint density at radius 3 is 2.33 bits per heavy atom. The van der Waals surface area contributed by atoms with Gasteiger partial charge in [0.2, 0.25) is 0 Å². The molecule has 0 bridgehead atoms. The van der Waals surface area contributed by atoms with Crippen molar-refractivity contribution in [1.29, 1.82) is 0 Å². The Kier molecular flexibility index (Phi) is 8.43. The predicted molar refractivity (Wildman–Crippen MR) is 114 cm³/mol. The minimum Gasteiger partial charge on any atom is -0.355 e. The van der Waals surface area contributed by atoms with Crippen LogP contribution in [0, 0.1) is 0 Å². The lowest BCUT2D eigenvalue weighted by Crippen LogP contribution is -2.49. The molecule has 0 aromatic heterocycles. The molecule has 2 fully saturated rings. The van der Waals surface area contributed by atoms with E-state index in [4.69, 9.17) is 0 Å². The number of nitrogens with one attached hydrogen (secondary N) is 2. The molecule has 27 heavy (non-hydrogen) atoms. The summed E-state index contributed by atoms with van der Waals surface area (Å²) in [5.74, 6) is 0.964. The molecule has 0 amide bonds. The summed E-state index contributed by atoms with van der Waals surface area (Å²) in [6.07, 6.45) is 7.87. The van der Waals surface area contributed by atoms with Crippen molar-refractivity contribution in [3.05, 3.63) is 35.9 Å². The van der Waals surface area contributed by atoms with Gasteiger partial charge in [-0.1, -0.05) is 43.2 Å². The second kappa shape index (κ2) is 11.3. The number of hydrogen-bond donors (Lipinski definition) is 2. The molecule has 5 heteroatoms. The van der Waals surface area contributed by atoms with Crippen LogP contribution in [-0.4, -0.2) is 68.1 Å². The Morgan fingerprint density at radius 2 is 1.67 bits per heavy atom. The van der Waals surface area contributed by atoms with E-state index >= 15 is 0 Å². The minimum absolute atomic E-state index is 0.529. The first-order valence-corrected chi connectivity index (χ1v) is 10.8. The molecule has 0 unspecified atom stereocenters. The van der Waals surface area contributed by atoms with Gasteiger partial charge in [-0.15, -0.1) is 0 Å². The Hall–Kier alpha value is -1.59. The van der Waals surface area contributed by atoms with Gasteiger partial charge in [0.15, 0.2) is 5.96 Å². The number of rotatable bonds is 6. The third-order valence-electron chi connectivity index (χ3n) is 5.82. The predicted octanol–water partition coefficient (Wildman–Crippen LogP) is 2.69. The lowest BCUT2D eigenvalue weighted by atomic mass is 10.0. The van der Waals surface area contributed by atoms with Gasteiger partial charge >= 0.3 is 0 Å². The van der Waals surface area contributed by atoms with Crippen molar-refractivity contribution in [2.45, 2.75) is 51.1 Å². The number of guanidine groups is 1. The largest absolute Gasteiger partial charge is 0.355 e. The summed E-state index contributed by atoms with van der Waals surface area (Å²) in [7, 11) is 1.88. The van der Waals surface area contributed by atoms with Crippen LogP contribution in [0.5, 0.6) is 0 Å². The molecule has 2 saturated heterocycles. The van der Waals surface area contributed by atoms with Crippen molar-refractivity contribution < 1.29 is 0 Å². The molecule has 0 atom stereocenters. The number of piperidine rings is 1. The van der Waals surface area contributed by atoms with Crippen molar-refractivity contribution in [2.75, 3.05) is 46.3 Å². The monoisotopic (exact) mass is 371 g/mol. The Labute approximate surface area is 165 Å². The molecule has 3 rings (SSSR count). The summed E-state index contributed by atoms with van der Waals surface area (Å²) in [5.41, 5.74) is 1.41. The quantitative estimate of drug-likeness (QED) is 0.596. The molecule has 150 valence electrons. The van der Waals surface area contributed by atoms with Gasteiger partial charge in [-0.2, -0.15) is 0 Å². The standard InChI is InChI=1S/C22H37N5/c1-23-22(24-13-18-26-14-7-2-3-8-15-26)25-21-11-16-27(17-12-21)19-20-9-5-4-6-10-20/h4-6,9-10,21H,2-3,7-8,11-19H2,1H3,(H2,23,24,25). The van der Waals surface area contributed by atoms with E-state index in [0.717, 1.165) is 38.7 Å². The zero-order valence-corrected chi connectivity index (χ0v) is 17.0. The molecule has 1 aromatic carbocycles. The molecule has 5 nitrogen and oxygen atoms in total. The highest BCUT2D eigenvalue weighted by molar-refractivity contribution is 5.79. The number of aliphatic imine (C=N–C) groups is 1. The zero-order chi connectivity index (χ0) is 18.7. The van der Waals surface area contributed by atoms with Crippen LogP contribution in [0.1, 0.15) is 44.1 Å². The molecule has 2 aliphatic heterocycles. The smallest absolute Gasteiger partial charge is 0.191 e. The molecule has 1 aromatic rings. The fourth-order valence-corrected chi connectivity index (χ4v) is 4.16. The van der Waals surface area contributed by atoms with E-state index in [1.54, 1.807) is 0 Å². The van der Waals surface area contributed by atoms with Crippen molar-refractivity contribution in [3.8, 4) is 0 Å². The highest BCUT2D eigenvalue weighted by atomic mass is 15.2. The lowest BCUT2D eigenvalue weighted by molar-refractivity contribution is 0.198. The molecule has 0 radical (unpaired) electrons. The van der Waals surface area contributed by atoms with E-state index in [1.165, 1.54) is 57.2 Å². The van der Waals surface area contributed by atoms with Crippen molar-refractivity contribution >= 4 is 5.96 Å². The highest BCUT2D eigenvalue weighted by Crippen LogP contribution is 2.14. The summed E-state index contributed by atoms with van der Waals surface area (Å²) in [5, 5.41) is 7.15. The summed E-state index contributed by atoms with van der Waals surface area (Å²) in [6.45, 7) is 7.98. The maximum atomic E-state index is 4.43. The molecule has 0 aliphatic carbocycles. The number of benzene rings is 1. The molecule has 2 heterocycles. The van der Waals surface area contributed by atoms with Crippen LogP contribution in [0.4, 0.5) is 0 Å². The van der Waals surface area contributed by atoms with Crippen LogP contribution in [0.25, 0.3) is 0 Å². The second-order valence-electron chi connectivity index (χ2n) is 7.94. The van der Waals surface area contributed by atoms with E-state index in [9.17, 15) is 0 Å². The van der Waals surface area contributed by atoms with Gasteiger partial charge in [0.1, 0.15) is 0 Å². The summed E-state index contributed by atoms with van der Waals surface area (Å²) in [4.78, 5) is 9.58. The lowest BCUT2D eigenvalue weighted by Gasteiger charge is -2.33. The van der Waals surface area contributed by atoms with Crippen LogP contribution < -0.4 is 10.6 Å². The number of nitrogens with zero attached hydrogens (tertiary/aromatic N) is 3. The van der Waals surface area contributed by atoms with Crippen LogP contribution in [-0.2, 0) is 6.54 Å². The van der Waals surface area contributed by atoms with Gasteiger partial charge < -0.3 is 15.5 Å². The van der Waals surface area contributed by atoms with Gasteiger partial charge in [-0.3, -0.25) is 9.89 Å². The van der Waals surface area contributed by atoms with E-state index < -0.39 is 0 Å². The van der Waals surface area contributed by atoms with E-state index in [2.05, 4.69) is 55.8 Å². The molecule has 0 saturated carbocycles. The molecular weight excluding hydrogens is 334 g/mol. The summed E-state index contributed by atoms with van der Waals surface area (Å²) >= 11 is 0. The van der Waals surface area contributed by atoms with Gasteiger partial charge in [0.25, 0.3) is 0 Å². The van der Waals surface area contributed by atoms with Crippen molar-refractivity contribution in [3.63, 3.8) is 0 Å². The second-order valence-corrected chi connectivity index (χ2v) is 7.94. The average molecular weight is 372 g/mol. The normalized spacial score (nSPS) is 21.0. The average Bonchev–Trinajstić information content (AvgIpc) is 2.98. The third-order valence-corrected chi connectivity index (χ3v) is 5.82. The van der Waals surface area contributed by atoms with Crippen LogP contribution in [0.2, 0.25) is 0 Å². The van der Waals surface area contributed by atoms with Crippen LogP contribution >= 0.6 is 0 Å². The Morgan fingerprint density at radius 1 is 0.963 bits per heavy atom. The van der Waals surface area contributed by atoms with Gasteiger partial charge in [-0.25, -0.2) is 0 Å². The van der Waals surface area contributed by atoms with Gasteiger partial charge in [0, 0.05) is 45.8 Å². The first kappa shape index (κ1) is 20.2. The van der Waals surface area contributed by atoms with Gasteiger partial charge in [-0.05, 0) is 44.3 Å². The first-order valence-electron chi connectivity index (χ1n) is 10.8. The maximum Gasteiger partial charge on any atom is 0.191 e. The molecule has 2 N–H and O–H groups in total. The third kappa shape index (κ3) is 7.15. The molecule has 0 spiro atoms. The van der Waals surface area contributed by atoms with Crippen molar-refractivity contribution in [2.24, 2.45) is 4.99 Å². The fraction of sp³-hybridized carbons (Fsp3) is 0.682. The summed E-state index contributed by atoms with van der Waals surface area (Å²) in [6, 6.07) is 11.3. The van der Waals surface area contributed by atoms with Crippen molar-refractivity contribution in [1.82, 2.24) is 20.4 Å². The molecular formula is C22H37N5. The maximum absolute atomic E-state index is 4.43. The van der Waals surface area contributed by atoms with E-state index in [1.807, 2.05) is 7.05 Å². The number of hydrogen-bond acceptors (Lipinski definition) is 3. The van der Waals surface area contributed by atoms with Crippen LogP contribution in [0.15, 0.2) is 35.3 Å². The number of likely N-dealkylation sites (tertiary alicyclic amines) is 2. The van der Waals surface area contributed by atoms with E-state index in [-0.39, 0.29) is 0 Å². The Bertz CT molecular complexity index is 543. The highest BCUT2D eigenvalue weighted by Gasteiger charge is 2.20. The van der Waals surface area contributed by atoms with Crippen LogP contribution in [0.3, 0.4) is 0 Å². The van der Waals surface area contributed by atoms with E-state index in [0.29, 0.717) is 6.04 Å². The fourth-order valence-electron chi connectivity index (χ4n) is 4.16. The first-order chi connectivity index (χ1) is 13.3. The topological polar surface area (TPSA) is 42.9 Å². The Balaban J connectivity index is 1.33. The van der Waals surface area contributed by atoms with Gasteiger partial charge in [0.05, 0.1) is 0 Å². The molecule has 2 aliphatic rings. The SMILES string of the molecule is CN=C(NCCN1CCCCCC1)NC1CCN(Cc2ccccc2)CC1. The summed E-state index contributed by atoms with van der Waals surface area (Å²) < 4.78 is 0. The zero-order valence-electron chi connectivity index (χ0n) is 17.0. The minimum atomic E-state index is 0.529.